The summed E-state index contributed by atoms with van der Waals surface area (Å²) < 4.78 is 0. The lowest BCUT2D eigenvalue weighted by atomic mass is 10.1. The van der Waals surface area contributed by atoms with Crippen LogP contribution in [0.2, 0.25) is 0 Å². The van der Waals surface area contributed by atoms with E-state index in [0.717, 1.165) is 55.6 Å². The van der Waals surface area contributed by atoms with E-state index in [1.807, 2.05) is 24.3 Å². The second kappa shape index (κ2) is 11.9. The number of hydrogen-bond donors (Lipinski definition) is 2. The Morgan fingerprint density at radius 2 is 1.25 bits per heavy atom. The first-order valence-electron chi connectivity index (χ1n) is 9.63. The van der Waals surface area contributed by atoms with Gasteiger partial charge in [0.2, 0.25) is 0 Å². The molecule has 150 valence electrons. The maximum Gasteiger partial charge on any atom is 0.269 e. The van der Waals surface area contributed by atoms with Gasteiger partial charge in [0.05, 0.1) is 4.92 Å². The van der Waals surface area contributed by atoms with Crippen LogP contribution in [-0.4, -0.2) is 41.4 Å². The van der Waals surface area contributed by atoms with E-state index in [1.165, 1.54) is 12.1 Å². The molecule has 0 fully saturated rings. The van der Waals surface area contributed by atoms with Crippen LogP contribution in [-0.2, 0) is 0 Å². The molecule has 2 rings (SSSR count). The number of nitrogens with zero attached hydrogens (tertiary/aromatic N) is 2. The van der Waals surface area contributed by atoms with E-state index in [-0.39, 0.29) is 18.9 Å². The number of rotatable bonds is 12. The fraction of sp³-hybridized carbons (Fsp3) is 0.364. The number of aliphatic hydroxyl groups is 2. The van der Waals surface area contributed by atoms with E-state index < -0.39 is 4.92 Å². The highest BCUT2D eigenvalue weighted by Gasteiger charge is 2.06. The van der Waals surface area contributed by atoms with Gasteiger partial charge in [-0.2, -0.15) is 0 Å². The minimum Gasteiger partial charge on any atom is -0.396 e. The number of nitro groups is 1. The molecule has 0 unspecified atom stereocenters. The lowest BCUT2D eigenvalue weighted by Gasteiger charge is -2.25. The molecule has 0 saturated carbocycles. The summed E-state index contributed by atoms with van der Waals surface area (Å²) in [6.07, 6.45) is 7.33. The van der Waals surface area contributed by atoms with Crippen LogP contribution in [0.1, 0.15) is 36.8 Å². The van der Waals surface area contributed by atoms with Crippen molar-refractivity contribution in [2.24, 2.45) is 0 Å². The van der Waals surface area contributed by atoms with E-state index in [4.69, 9.17) is 10.2 Å². The van der Waals surface area contributed by atoms with Crippen molar-refractivity contribution >= 4 is 23.5 Å². The number of anilines is 1. The first kappa shape index (κ1) is 21.6. The second-order valence-corrected chi connectivity index (χ2v) is 6.62. The lowest BCUT2D eigenvalue weighted by molar-refractivity contribution is -0.384. The van der Waals surface area contributed by atoms with Crippen LogP contribution in [0.3, 0.4) is 0 Å². The Labute approximate surface area is 165 Å². The highest BCUT2D eigenvalue weighted by molar-refractivity contribution is 5.71. The minimum atomic E-state index is -0.404. The first-order chi connectivity index (χ1) is 13.6. The Morgan fingerprint density at radius 3 is 1.68 bits per heavy atom. The molecule has 2 N–H and O–H groups in total. The molecule has 0 bridgehead atoms. The van der Waals surface area contributed by atoms with Crippen LogP contribution in [0.25, 0.3) is 12.2 Å². The minimum absolute atomic E-state index is 0.0870. The predicted molar refractivity (Wildman–Crippen MR) is 113 cm³/mol. The number of nitro benzene ring substituents is 1. The summed E-state index contributed by atoms with van der Waals surface area (Å²) in [5.74, 6) is 0. The second-order valence-electron chi connectivity index (χ2n) is 6.62. The molecule has 6 heteroatoms. The van der Waals surface area contributed by atoms with Crippen LogP contribution in [0.5, 0.6) is 0 Å². The number of aliphatic hydroxyl groups excluding tert-OH is 2. The van der Waals surface area contributed by atoms with Gasteiger partial charge < -0.3 is 15.1 Å². The van der Waals surface area contributed by atoms with Crippen LogP contribution in [0.15, 0.2) is 48.5 Å². The van der Waals surface area contributed by atoms with Gasteiger partial charge in [0.15, 0.2) is 0 Å². The molecule has 28 heavy (non-hydrogen) atoms. The summed E-state index contributed by atoms with van der Waals surface area (Å²) in [6.45, 7) is 2.17. The van der Waals surface area contributed by atoms with Gasteiger partial charge in [-0.3, -0.25) is 10.1 Å². The predicted octanol–water partition coefficient (Wildman–Crippen LogP) is 4.12. The van der Waals surface area contributed by atoms with Gasteiger partial charge in [-0.05, 0) is 61.1 Å². The van der Waals surface area contributed by atoms with Crippen LogP contribution < -0.4 is 4.90 Å². The number of unbranched alkanes of at least 4 members (excludes halogenated alkanes) is 2. The van der Waals surface area contributed by atoms with Crippen molar-refractivity contribution < 1.29 is 15.1 Å². The third kappa shape index (κ3) is 7.13. The Kier molecular flexibility index (Phi) is 9.18. The Hall–Kier alpha value is -2.70. The van der Waals surface area contributed by atoms with Gasteiger partial charge >= 0.3 is 0 Å². The van der Waals surface area contributed by atoms with Crippen LogP contribution >= 0.6 is 0 Å². The molecular formula is C22H28N2O4. The van der Waals surface area contributed by atoms with E-state index in [0.29, 0.717) is 0 Å². The number of hydrogen-bond acceptors (Lipinski definition) is 5. The molecule has 0 atom stereocenters. The summed E-state index contributed by atoms with van der Waals surface area (Å²) in [6, 6.07) is 14.7. The maximum absolute atomic E-state index is 10.7. The molecule has 6 nitrogen and oxygen atoms in total. The van der Waals surface area contributed by atoms with E-state index >= 15 is 0 Å². The molecule has 2 aromatic rings. The zero-order chi connectivity index (χ0) is 20.2. The smallest absolute Gasteiger partial charge is 0.269 e. The molecule has 0 spiro atoms. The zero-order valence-corrected chi connectivity index (χ0v) is 16.0. The molecule has 0 amide bonds. The quantitative estimate of drug-likeness (QED) is 0.249. The summed E-state index contributed by atoms with van der Waals surface area (Å²) in [7, 11) is 0. The van der Waals surface area contributed by atoms with Gasteiger partial charge in [0.1, 0.15) is 0 Å². The van der Waals surface area contributed by atoms with E-state index in [2.05, 4.69) is 17.0 Å². The SMILES string of the molecule is O=[N+]([O-])c1ccc(C=Cc2ccc(N(CCCCO)CCCCO)cc2)cc1. The fourth-order valence-electron chi connectivity index (χ4n) is 2.89. The van der Waals surface area contributed by atoms with Gasteiger partial charge in [-0.1, -0.05) is 24.3 Å². The highest BCUT2D eigenvalue weighted by atomic mass is 16.6. The summed E-state index contributed by atoms with van der Waals surface area (Å²) in [5, 5.41) is 28.7. The largest absolute Gasteiger partial charge is 0.396 e. The summed E-state index contributed by atoms with van der Waals surface area (Å²) in [5.41, 5.74) is 3.17. The number of non-ortho nitro benzene ring substituents is 1. The summed E-state index contributed by atoms with van der Waals surface area (Å²) in [4.78, 5) is 12.6. The third-order valence-electron chi connectivity index (χ3n) is 4.50. The van der Waals surface area contributed by atoms with Gasteiger partial charge in [-0.25, -0.2) is 0 Å². The molecule has 0 aromatic heterocycles. The standard InChI is InChI=1S/C22H28N2O4/c25-17-3-1-15-23(16-2-4-18-26)21-11-7-19(8-12-21)5-6-20-9-13-22(14-10-20)24(27)28/h5-14,25-26H,1-4,15-18H2. The summed E-state index contributed by atoms with van der Waals surface area (Å²) >= 11 is 0. The normalized spacial score (nSPS) is 11.1. The lowest BCUT2D eigenvalue weighted by Crippen LogP contribution is -2.26. The first-order valence-corrected chi connectivity index (χ1v) is 9.63. The van der Waals surface area contributed by atoms with Crippen molar-refractivity contribution in [3.63, 3.8) is 0 Å². The molecule has 0 heterocycles. The van der Waals surface area contributed by atoms with E-state index in [9.17, 15) is 10.1 Å². The maximum atomic E-state index is 10.7. The fourth-order valence-corrected chi connectivity index (χ4v) is 2.89. The molecule has 0 aliphatic carbocycles. The number of benzene rings is 2. The topological polar surface area (TPSA) is 86.8 Å². The molecular weight excluding hydrogens is 356 g/mol. The van der Waals surface area contributed by atoms with Crippen molar-refractivity contribution in [2.75, 3.05) is 31.2 Å². The van der Waals surface area contributed by atoms with Crippen molar-refractivity contribution in [1.29, 1.82) is 0 Å². The molecule has 0 aliphatic heterocycles. The highest BCUT2D eigenvalue weighted by Crippen LogP contribution is 2.19. The molecule has 0 radical (unpaired) electrons. The third-order valence-corrected chi connectivity index (χ3v) is 4.50. The average molecular weight is 384 g/mol. The average Bonchev–Trinajstić information content (AvgIpc) is 2.72. The van der Waals surface area contributed by atoms with Crippen molar-refractivity contribution in [2.45, 2.75) is 25.7 Å². The Morgan fingerprint density at radius 1 is 0.786 bits per heavy atom. The molecule has 0 aliphatic rings. The molecule has 2 aromatic carbocycles. The Balaban J connectivity index is 2.01. The van der Waals surface area contributed by atoms with Crippen molar-refractivity contribution in [3.05, 3.63) is 69.8 Å². The Bertz CT molecular complexity index is 732. The van der Waals surface area contributed by atoms with Gasteiger partial charge in [0.25, 0.3) is 5.69 Å². The van der Waals surface area contributed by atoms with Crippen LogP contribution in [0, 0.1) is 10.1 Å². The van der Waals surface area contributed by atoms with Crippen molar-refractivity contribution in [1.82, 2.24) is 0 Å². The van der Waals surface area contributed by atoms with Crippen molar-refractivity contribution in [3.8, 4) is 0 Å². The van der Waals surface area contributed by atoms with Gasteiger partial charge in [-0.15, -0.1) is 0 Å². The zero-order valence-electron chi connectivity index (χ0n) is 16.0. The monoisotopic (exact) mass is 384 g/mol. The van der Waals surface area contributed by atoms with Crippen LogP contribution in [0.4, 0.5) is 11.4 Å². The van der Waals surface area contributed by atoms with Gasteiger partial charge in [0, 0.05) is 44.1 Å². The molecule has 0 saturated heterocycles. The van der Waals surface area contributed by atoms with E-state index in [1.54, 1.807) is 12.1 Å².